The average molecular weight is 274 g/mol. The summed E-state index contributed by atoms with van der Waals surface area (Å²) in [5.41, 5.74) is 1.60. The van der Waals surface area contributed by atoms with Gasteiger partial charge < -0.3 is 19.0 Å². The van der Waals surface area contributed by atoms with Crippen LogP contribution in [-0.2, 0) is 11.2 Å². The van der Waals surface area contributed by atoms with Crippen LogP contribution in [-0.4, -0.2) is 18.3 Å². The predicted octanol–water partition coefficient (Wildman–Crippen LogP) is 3.30. The lowest BCUT2D eigenvalue weighted by atomic mass is 10.0. The second kappa shape index (κ2) is 5.69. The number of ether oxygens (including phenoxy) is 2. The van der Waals surface area contributed by atoms with E-state index in [-0.39, 0.29) is 0 Å². The summed E-state index contributed by atoms with van der Waals surface area (Å²) in [6, 6.07) is 9.46. The number of para-hydroxylation sites is 1. The monoisotopic (exact) mass is 274 g/mol. The van der Waals surface area contributed by atoms with Crippen LogP contribution >= 0.6 is 0 Å². The summed E-state index contributed by atoms with van der Waals surface area (Å²) in [6.07, 6.45) is 0.741. The highest BCUT2D eigenvalue weighted by atomic mass is 16.6. The number of hydrogen-bond acceptors (Lipinski definition) is 4. The van der Waals surface area contributed by atoms with E-state index in [4.69, 9.17) is 13.9 Å². The molecular weight excluding hydrogens is 256 g/mol. The van der Waals surface area contributed by atoms with E-state index >= 15 is 0 Å². The summed E-state index contributed by atoms with van der Waals surface area (Å²) in [5, 5.41) is 10.0. The summed E-state index contributed by atoms with van der Waals surface area (Å²) in [6.45, 7) is 3.43. The van der Waals surface area contributed by atoms with Crippen LogP contribution in [0.25, 0.3) is 11.3 Å². The van der Waals surface area contributed by atoms with Crippen LogP contribution in [0.4, 0.5) is 0 Å². The molecule has 1 unspecified atom stereocenters. The largest absolute Gasteiger partial charge is 0.460 e. The van der Waals surface area contributed by atoms with Crippen molar-refractivity contribution in [3.05, 3.63) is 41.7 Å². The van der Waals surface area contributed by atoms with Crippen molar-refractivity contribution in [2.75, 3.05) is 13.2 Å². The van der Waals surface area contributed by atoms with Crippen molar-refractivity contribution in [1.82, 2.24) is 0 Å². The van der Waals surface area contributed by atoms with Gasteiger partial charge in [0.2, 0.25) is 6.29 Å². The second-order valence-corrected chi connectivity index (χ2v) is 4.76. The smallest absolute Gasteiger partial charge is 0.228 e. The fourth-order valence-electron chi connectivity index (χ4n) is 2.41. The van der Waals surface area contributed by atoms with E-state index in [1.807, 2.05) is 37.3 Å². The van der Waals surface area contributed by atoms with E-state index in [1.54, 1.807) is 0 Å². The number of aryl methyl sites for hydroxylation is 1. The molecule has 1 aliphatic rings. The molecular formula is C16H18O4. The Morgan fingerprint density at radius 3 is 3.00 bits per heavy atom. The first kappa shape index (κ1) is 13.2. The molecule has 1 aromatic heterocycles. The fourth-order valence-corrected chi connectivity index (χ4v) is 2.41. The molecule has 0 aliphatic carbocycles. The Balaban J connectivity index is 1.83. The Bertz CT molecular complexity index is 588. The van der Waals surface area contributed by atoms with Gasteiger partial charge in [-0.25, -0.2) is 0 Å². The van der Waals surface area contributed by atoms with Crippen LogP contribution in [0.2, 0.25) is 0 Å². The molecule has 0 saturated heterocycles. The van der Waals surface area contributed by atoms with Gasteiger partial charge in [0, 0.05) is 19.6 Å². The molecule has 3 rings (SSSR count). The molecule has 1 atom stereocenters. The van der Waals surface area contributed by atoms with E-state index < -0.39 is 6.29 Å². The summed E-state index contributed by atoms with van der Waals surface area (Å²) >= 11 is 0. The summed E-state index contributed by atoms with van der Waals surface area (Å²) in [4.78, 5) is 0. The van der Waals surface area contributed by atoms with Gasteiger partial charge in [-0.15, -0.1) is 0 Å². The third-order valence-electron chi connectivity index (χ3n) is 3.36. The first-order valence-electron chi connectivity index (χ1n) is 6.94. The fraction of sp³-hybridized carbons (Fsp3) is 0.375. The number of aliphatic hydroxyl groups is 1. The average Bonchev–Trinajstić information content (AvgIpc) is 2.89. The summed E-state index contributed by atoms with van der Waals surface area (Å²) < 4.78 is 16.7. The van der Waals surface area contributed by atoms with E-state index in [9.17, 15) is 5.11 Å². The van der Waals surface area contributed by atoms with Gasteiger partial charge in [-0.2, -0.15) is 0 Å². The number of fused-ring (bicyclic) bond motifs is 3. The van der Waals surface area contributed by atoms with Crippen molar-refractivity contribution in [2.24, 2.45) is 0 Å². The molecule has 20 heavy (non-hydrogen) atoms. The maximum absolute atomic E-state index is 10.0. The van der Waals surface area contributed by atoms with Gasteiger partial charge in [0.25, 0.3) is 0 Å². The SMILES string of the molecule is CCOCCCc1cc2c(o1)-c1ccccc1OC2O. The number of benzene rings is 1. The zero-order chi connectivity index (χ0) is 13.9. The molecule has 0 radical (unpaired) electrons. The third kappa shape index (κ3) is 2.44. The van der Waals surface area contributed by atoms with Crippen molar-refractivity contribution in [3.8, 4) is 17.1 Å². The van der Waals surface area contributed by atoms with E-state index in [1.165, 1.54) is 0 Å². The third-order valence-corrected chi connectivity index (χ3v) is 3.36. The van der Waals surface area contributed by atoms with Gasteiger partial charge >= 0.3 is 0 Å². The van der Waals surface area contributed by atoms with Gasteiger partial charge in [0.05, 0.1) is 11.1 Å². The Morgan fingerprint density at radius 1 is 1.30 bits per heavy atom. The van der Waals surface area contributed by atoms with Gasteiger partial charge in [0.15, 0.2) is 0 Å². The molecule has 4 nitrogen and oxygen atoms in total. The number of aliphatic hydroxyl groups excluding tert-OH is 1. The Morgan fingerprint density at radius 2 is 2.15 bits per heavy atom. The number of rotatable bonds is 5. The molecule has 0 spiro atoms. The maximum atomic E-state index is 10.0. The lowest BCUT2D eigenvalue weighted by Gasteiger charge is -2.20. The van der Waals surface area contributed by atoms with Crippen LogP contribution in [0.3, 0.4) is 0 Å². The van der Waals surface area contributed by atoms with Crippen LogP contribution in [0.1, 0.15) is 31.0 Å². The van der Waals surface area contributed by atoms with Crippen molar-refractivity contribution in [1.29, 1.82) is 0 Å². The zero-order valence-corrected chi connectivity index (χ0v) is 11.5. The molecule has 4 heteroatoms. The molecule has 0 bridgehead atoms. The standard InChI is InChI=1S/C16H18O4/c1-2-18-9-5-6-11-10-13-15(19-11)12-7-3-4-8-14(12)20-16(13)17/h3-4,7-8,10,16-17H,2,5-6,9H2,1H3. The first-order valence-corrected chi connectivity index (χ1v) is 6.94. The minimum atomic E-state index is -0.954. The summed E-state index contributed by atoms with van der Waals surface area (Å²) in [5.74, 6) is 2.22. The van der Waals surface area contributed by atoms with Gasteiger partial charge in [-0.1, -0.05) is 12.1 Å². The van der Waals surface area contributed by atoms with Crippen molar-refractivity contribution >= 4 is 0 Å². The topological polar surface area (TPSA) is 51.8 Å². The highest BCUT2D eigenvalue weighted by molar-refractivity contribution is 5.71. The van der Waals surface area contributed by atoms with Crippen LogP contribution in [0.5, 0.6) is 5.75 Å². The molecule has 1 aliphatic heterocycles. The Labute approximate surface area is 117 Å². The normalized spacial score (nSPS) is 16.4. The highest BCUT2D eigenvalue weighted by Crippen LogP contribution is 2.42. The van der Waals surface area contributed by atoms with Gasteiger partial charge in [-0.3, -0.25) is 0 Å². The Kier molecular flexibility index (Phi) is 3.76. The maximum Gasteiger partial charge on any atom is 0.228 e. The minimum Gasteiger partial charge on any atom is -0.460 e. The first-order chi connectivity index (χ1) is 9.79. The molecule has 106 valence electrons. The molecule has 2 heterocycles. The van der Waals surface area contributed by atoms with E-state index in [2.05, 4.69) is 0 Å². The second-order valence-electron chi connectivity index (χ2n) is 4.76. The highest BCUT2D eigenvalue weighted by Gasteiger charge is 2.28. The lowest BCUT2D eigenvalue weighted by Crippen LogP contribution is -2.11. The van der Waals surface area contributed by atoms with Gasteiger partial charge in [-0.05, 0) is 31.5 Å². The number of hydrogen-bond donors (Lipinski definition) is 1. The number of furan rings is 1. The molecule has 2 aromatic rings. The Hall–Kier alpha value is -1.78. The van der Waals surface area contributed by atoms with E-state index in [0.717, 1.165) is 37.4 Å². The van der Waals surface area contributed by atoms with E-state index in [0.29, 0.717) is 17.1 Å². The van der Waals surface area contributed by atoms with Crippen molar-refractivity contribution < 1.29 is 19.0 Å². The summed E-state index contributed by atoms with van der Waals surface area (Å²) in [7, 11) is 0. The van der Waals surface area contributed by atoms with Gasteiger partial charge in [0.1, 0.15) is 17.3 Å². The quantitative estimate of drug-likeness (QED) is 0.850. The predicted molar refractivity (Wildman–Crippen MR) is 74.5 cm³/mol. The molecule has 1 aromatic carbocycles. The van der Waals surface area contributed by atoms with Crippen molar-refractivity contribution in [2.45, 2.75) is 26.1 Å². The molecule has 0 fully saturated rings. The molecule has 1 N–H and O–H groups in total. The van der Waals surface area contributed by atoms with Crippen LogP contribution in [0, 0.1) is 0 Å². The van der Waals surface area contributed by atoms with Crippen molar-refractivity contribution in [3.63, 3.8) is 0 Å². The zero-order valence-electron chi connectivity index (χ0n) is 11.5. The molecule has 0 amide bonds. The lowest BCUT2D eigenvalue weighted by molar-refractivity contribution is -0.0219. The minimum absolute atomic E-state index is 0.655. The van der Waals surface area contributed by atoms with Crippen LogP contribution < -0.4 is 4.74 Å². The van der Waals surface area contributed by atoms with Crippen LogP contribution in [0.15, 0.2) is 34.7 Å². The molecule has 0 saturated carbocycles.